The van der Waals surface area contributed by atoms with E-state index in [1.165, 1.54) is 12.2 Å². The van der Waals surface area contributed by atoms with Crippen molar-refractivity contribution in [2.45, 2.75) is 0 Å². The molecule has 0 atom stereocenters. The highest BCUT2D eigenvalue weighted by Crippen LogP contribution is 2.32. The Balaban J connectivity index is 1.47. The predicted octanol–water partition coefficient (Wildman–Crippen LogP) is 3.01. The van der Waals surface area contributed by atoms with E-state index in [2.05, 4.69) is 21.2 Å². The lowest BCUT2D eigenvalue weighted by atomic mass is 10.2. The highest BCUT2D eigenvalue weighted by Gasteiger charge is 2.13. The molecule has 0 aliphatic carbocycles. The third kappa shape index (κ3) is 4.87. The molecule has 0 fully saturated rings. The Morgan fingerprint density at radius 3 is 2.72 bits per heavy atom. The van der Waals surface area contributed by atoms with Crippen LogP contribution in [0.3, 0.4) is 0 Å². The number of halogens is 1. The number of esters is 1. The Hall–Kier alpha value is -2.74. The maximum absolute atomic E-state index is 11.9. The Labute approximate surface area is 151 Å². The van der Waals surface area contributed by atoms with Crippen molar-refractivity contribution in [2.75, 3.05) is 25.1 Å². The first kappa shape index (κ1) is 17.1. The Morgan fingerprint density at radius 2 is 1.96 bits per heavy atom. The summed E-state index contributed by atoms with van der Waals surface area (Å²) >= 11 is 3.16. The fourth-order valence-corrected chi connectivity index (χ4v) is 2.39. The quantitative estimate of drug-likeness (QED) is 0.605. The fraction of sp³-hybridized carbons (Fsp3) is 0.176. The van der Waals surface area contributed by atoms with Gasteiger partial charge in [-0.1, -0.05) is 0 Å². The molecule has 8 heteroatoms. The summed E-state index contributed by atoms with van der Waals surface area (Å²) < 4.78 is 21.5. The first-order valence-corrected chi connectivity index (χ1v) is 8.19. The fourth-order valence-electron chi connectivity index (χ4n) is 2.07. The zero-order chi connectivity index (χ0) is 17.6. The number of fused-ring (bicyclic) bond motifs is 1. The molecule has 0 radical (unpaired) electrons. The average Bonchev–Trinajstić information content (AvgIpc) is 3.03. The molecule has 2 aromatic rings. The summed E-state index contributed by atoms with van der Waals surface area (Å²) in [7, 11) is 0. The largest absolute Gasteiger partial charge is 0.486 e. The molecule has 25 heavy (non-hydrogen) atoms. The predicted molar refractivity (Wildman–Crippen MR) is 92.5 cm³/mol. The second-order valence-corrected chi connectivity index (χ2v) is 5.77. The van der Waals surface area contributed by atoms with Crippen LogP contribution in [0.1, 0.15) is 5.76 Å². The van der Waals surface area contributed by atoms with Gasteiger partial charge in [-0.25, -0.2) is 4.79 Å². The Kier molecular flexibility index (Phi) is 5.39. The zero-order valence-electron chi connectivity index (χ0n) is 13.0. The number of amides is 1. The van der Waals surface area contributed by atoms with Crippen molar-refractivity contribution in [1.29, 1.82) is 0 Å². The topological polar surface area (TPSA) is 87.0 Å². The van der Waals surface area contributed by atoms with Gasteiger partial charge in [-0.05, 0) is 46.3 Å². The molecule has 130 valence electrons. The Morgan fingerprint density at radius 1 is 1.16 bits per heavy atom. The first-order valence-electron chi connectivity index (χ1n) is 7.40. The van der Waals surface area contributed by atoms with Crippen molar-refractivity contribution >= 4 is 39.6 Å². The van der Waals surface area contributed by atoms with E-state index in [0.717, 1.165) is 0 Å². The van der Waals surface area contributed by atoms with E-state index < -0.39 is 18.5 Å². The third-order valence-electron chi connectivity index (χ3n) is 3.15. The number of benzene rings is 1. The van der Waals surface area contributed by atoms with Crippen LogP contribution in [-0.4, -0.2) is 31.7 Å². The van der Waals surface area contributed by atoms with Crippen molar-refractivity contribution < 1.29 is 28.2 Å². The number of ether oxygens (including phenoxy) is 3. The summed E-state index contributed by atoms with van der Waals surface area (Å²) in [4.78, 5) is 23.4. The second-order valence-electron chi connectivity index (χ2n) is 4.99. The summed E-state index contributed by atoms with van der Waals surface area (Å²) in [5.41, 5.74) is 0.529. The van der Waals surface area contributed by atoms with Gasteiger partial charge < -0.3 is 23.9 Å². The number of carbonyl (C=O) groups excluding carboxylic acids is 2. The molecule has 7 nitrogen and oxygen atoms in total. The summed E-state index contributed by atoms with van der Waals surface area (Å²) in [6.45, 7) is 0.553. The van der Waals surface area contributed by atoms with E-state index in [1.54, 1.807) is 30.3 Å². The van der Waals surface area contributed by atoms with Crippen LogP contribution in [0, 0.1) is 0 Å². The van der Waals surface area contributed by atoms with Gasteiger partial charge in [0.05, 0.1) is 0 Å². The molecule has 0 bridgehead atoms. The smallest absolute Gasteiger partial charge is 0.331 e. The standard InChI is InChI=1S/C17H14BrNO6/c18-15-5-2-12(25-15)3-6-17(21)24-10-16(20)19-11-1-4-13-14(9-11)23-8-7-22-13/h1-6,9H,7-8,10H2,(H,19,20)/b6-3+. The van der Waals surface area contributed by atoms with Gasteiger partial charge in [0.15, 0.2) is 22.8 Å². The lowest BCUT2D eigenvalue weighted by Crippen LogP contribution is -2.20. The number of nitrogens with one attached hydrogen (secondary N) is 1. The number of hydrogen-bond acceptors (Lipinski definition) is 6. The molecule has 0 saturated carbocycles. The monoisotopic (exact) mass is 407 g/mol. The highest BCUT2D eigenvalue weighted by atomic mass is 79.9. The lowest BCUT2D eigenvalue weighted by molar-refractivity contribution is -0.142. The van der Waals surface area contributed by atoms with Gasteiger partial charge in [-0.3, -0.25) is 4.79 Å². The maximum atomic E-state index is 11.9. The molecule has 0 unspecified atom stereocenters. The average molecular weight is 408 g/mol. The molecule has 3 rings (SSSR count). The van der Waals surface area contributed by atoms with Gasteiger partial charge >= 0.3 is 5.97 Å². The van der Waals surface area contributed by atoms with Crippen LogP contribution in [0.15, 0.2) is 45.5 Å². The molecular weight excluding hydrogens is 394 g/mol. The number of rotatable bonds is 5. The van der Waals surface area contributed by atoms with E-state index in [1.807, 2.05) is 0 Å². The number of carbonyl (C=O) groups is 2. The summed E-state index contributed by atoms with van der Waals surface area (Å²) in [5.74, 6) is 0.576. The van der Waals surface area contributed by atoms with Crippen molar-refractivity contribution in [3.63, 3.8) is 0 Å². The van der Waals surface area contributed by atoms with Gasteiger partial charge in [0, 0.05) is 17.8 Å². The molecule has 2 heterocycles. The van der Waals surface area contributed by atoms with Gasteiger partial charge in [0.25, 0.3) is 5.91 Å². The number of anilines is 1. The molecule has 1 amide bonds. The third-order valence-corrected chi connectivity index (χ3v) is 3.58. The van der Waals surface area contributed by atoms with Crippen LogP contribution in [0.4, 0.5) is 5.69 Å². The van der Waals surface area contributed by atoms with Crippen LogP contribution in [0.5, 0.6) is 11.5 Å². The van der Waals surface area contributed by atoms with Gasteiger partial charge in [-0.15, -0.1) is 0 Å². The Bertz CT molecular complexity index is 813. The van der Waals surface area contributed by atoms with E-state index in [-0.39, 0.29) is 0 Å². The SMILES string of the molecule is O=C(COC(=O)/C=C/c1ccc(Br)o1)Nc1ccc2c(c1)OCCO2. The van der Waals surface area contributed by atoms with Crippen molar-refractivity contribution in [1.82, 2.24) is 0 Å². The van der Waals surface area contributed by atoms with E-state index in [9.17, 15) is 9.59 Å². The van der Waals surface area contributed by atoms with Crippen LogP contribution >= 0.6 is 15.9 Å². The molecule has 0 saturated heterocycles. The van der Waals surface area contributed by atoms with Gasteiger partial charge in [0.1, 0.15) is 19.0 Å². The van der Waals surface area contributed by atoms with E-state index in [0.29, 0.717) is 40.8 Å². The molecule has 0 spiro atoms. The van der Waals surface area contributed by atoms with Crippen LogP contribution in [0.2, 0.25) is 0 Å². The van der Waals surface area contributed by atoms with E-state index in [4.69, 9.17) is 18.6 Å². The normalized spacial score (nSPS) is 12.8. The van der Waals surface area contributed by atoms with Crippen LogP contribution < -0.4 is 14.8 Å². The lowest BCUT2D eigenvalue weighted by Gasteiger charge is -2.18. The summed E-state index contributed by atoms with van der Waals surface area (Å²) in [6, 6.07) is 8.43. The summed E-state index contributed by atoms with van der Waals surface area (Å²) in [6.07, 6.45) is 2.63. The molecule has 1 aromatic carbocycles. The minimum Gasteiger partial charge on any atom is -0.486 e. The molecule has 1 aliphatic heterocycles. The van der Waals surface area contributed by atoms with E-state index >= 15 is 0 Å². The number of hydrogen-bond donors (Lipinski definition) is 1. The minimum atomic E-state index is -0.648. The maximum Gasteiger partial charge on any atom is 0.331 e. The minimum absolute atomic E-state index is 0.403. The van der Waals surface area contributed by atoms with Gasteiger partial charge in [0.2, 0.25) is 0 Å². The van der Waals surface area contributed by atoms with Crippen molar-refractivity contribution in [3.05, 3.63) is 46.8 Å². The van der Waals surface area contributed by atoms with Crippen LogP contribution in [-0.2, 0) is 14.3 Å². The molecule has 1 N–H and O–H groups in total. The van der Waals surface area contributed by atoms with Gasteiger partial charge in [-0.2, -0.15) is 0 Å². The molecule has 1 aromatic heterocycles. The zero-order valence-corrected chi connectivity index (χ0v) is 14.6. The first-order chi connectivity index (χ1) is 12.1. The van der Waals surface area contributed by atoms with Crippen LogP contribution in [0.25, 0.3) is 6.08 Å². The van der Waals surface area contributed by atoms with Crippen molar-refractivity contribution in [2.24, 2.45) is 0 Å². The number of furan rings is 1. The molecular formula is C17H14BrNO6. The summed E-state index contributed by atoms with van der Waals surface area (Å²) in [5, 5.41) is 2.62. The second kappa shape index (κ2) is 7.89. The highest BCUT2D eigenvalue weighted by molar-refractivity contribution is 9.10. The van der Waals surface area contributed by atoms with Crippen molar-refractivity contribution in [3.8, 4) is 11.5 Å². The molecule has 1 aliphatic rings.